The Kier molecular flexibility index (Phi) is 8.04. The normalized spacial score (nSPS) is 22.4. The lowest BCUT2D eigenvalue weighted by Gasteiger charge is -2.26. The van der Waals surface area contributed by atoms with Crippen molar-refractivity contribution >= 4 is 23.6 Å². The van der Waals surface area contributed by atoms with Gasteiger partial charge < -0.3 is 20.3 Å². The van der Waals surface area contributed by atoms with E-state index in [0.717, 1.165) is 26.1 Å². The van der Waals surface area contributed by atoms with Crippen LogP contribution in [-0.4, -0.2) is 74.2 Å². The van der Waals surface area contributed by atoms with Gasteiger partial charge in [0, 0.05) is 19.6 Å². The lowest BCUT2D eigenvalue weighted by atomic mass is 9.96. The molecule has 0 radical (unpaired) electrons. The standard InChI is InChI=1S/C15H27N3O3S/c19-14(17-5-3-13-2-1-4-16-10-13)11-22-12-15(20)18-6-8-21-9-7-18/h13,16H,1-12H2,(H,17,19). The second kappa shape index (κ2) is 10.1. The van der Waals surface area contributed by atoms with Crippen molar-refractivity contribution in [2.45, 2.75) is 19.3 Å². The van der Waals surface area contributed by atoms with Crippen molar-refractivity contribution in [3.05, 3.63) is 0 Å². The van der Waals surface area contributed by atoms with Crippen molar-refractivity contribution in [3.8, 4) is 0 Å². The topological polar surface area (TPSA) is 70.7 Å². The van der Waals surface area contributed by atoms with Crippen LogP contribution in [0.1, 0.15) is 19.3 Å². The molecule has 0 spiro atoms. The van der Waals surface area contributed by atoms with E-state index in [4.69, 9.17) is 4.74 Å². The van der Waals surface area contributed by atoms with E-state index in [0.29, 0.717) is 43.7 Å². The van der Waals surface area contributed by atoms with Crippen LogP contribution in [-0.2, 0) is 14.3 Å². The molecule has 0 aliphatic carbocycles. The summed E-state index contributed by atoms with van der Waals surface area (Å²) in [6.45, 7) is 5.50. The van der Waals surface area contributed by atoms with Gasteiger partial charge in [-0.3, -0.25) is 9.59 Å². The van der Waals surface area contributed by atoms with Gasteiger partial charge in [0.2, 0.25) is 11.8 Å². The van der Waals surface area contributed by atoms with Crippen molar-refractivity contribution in [3.63, 3.8) is 0 Å². The highest BCUT2D eigenvalue weighted by molar-refractivity contribution is 8.00. The van der Waals surface area contributed by atoms with Crippen LogP contribution in [0.4, 0.5) is 0 Å². The molecule has 2 amide bonds. The van der Waals surface area contributed by atoms with Crippen LogP contribution < -0.4 is 10.6 Å². The van der Waals surface area contributed by atoms with E-state index in [1.165, 1.54) is 24.6 Å². The first-order valence-corrected chi connectivity index (χ1v) is 9.32. The fraction of sp³-hybridized carbons (Fsp3) is 0.867. The molecular weight excluding hydrogens is 302 g/mol. The molecule has 1 unspecified atom stereocenters. The summed E-state index contributed by atoms with van der Waals surface area (Å²) in [6.07, 6.45) is 3.53. The Labute approximate surface area is 136 Å². The monoisotopic (exact) mass is 329 g/mol. The number of morpholine rings is 1. The zero-order valence-electron chi connectivity index (χ0n) is 13.1. The minimum Gasteiger partial charge on any atom is -0.378 e. The minimum atomic E-state index is 0.0311. The molecule has 126 valence electrons. The summed E-state index contributed by atoms with van der Waals surface area (Å²) >= 11 is 1.39. The highest BCUT2D eigenvalue weighted by atomic mass is 32.2. The quantitative estimate of drug-likeness (QED) is 0.692. The maximum Gasteiger partial charge on any atom is 0.232 e. The number of amides is 2. The van der Waals surface area contributed by atoms with E-state index >= 15 is 0 Å². The number of carbonyl (C=O) groups is 2. The van der Waals surface area contributed by atoms with Crippen molar-refractivity contribution < 1.29 is 14.3 Å². The lowest BCUT2D eigenvalue weighted by Crippen LogP contribution is -2.41. The van der Waals surface area contributed by atoms with Crippen LogP contribution in [0.5, 0.6) is 0 Å². The molecule has 1 atom stereocenters. The first-order valence-electron chi connectivity index (χ1n) is 8.16. The third-order valence-corrected chi connectivity index (χ3v) is 5.01. The summed E-state index contributed by atoms with van der Waals surface area (Å²) in [5, 5.41) is 6.33. The van der Waals surface area contributed by atoms with Gasteiger partial charge >= 0.3 is 0 Å². The molecule has 2 rings (SSSR count). The van der Waals surface area contributed by atoms with Gasteiger partial charge in [-0.05, 0) is 38.3 Å². The molecule has 2 aliphatic rings. The largest absolute Gasteiger partial charge is 0.378 e. The molecule has 0 saturated carbocycles. The second-order valence-electron chi connectivity index (χ2n) is 5.84. The summed E-state index contributed by atoms with van der Waals surface area (Å²) in [7, 11) is 0. The van der Waals surface area contributed by atoms with Crippen LogP contribution in [0.2, 0.25) is 0 Å². The average Bonchev–Trinajstić information content (AvgIpc) is 2.56. The van der Waals surface area contributed by atoms with Crippen molar-refractivity contribution in [1.82, 2.24) is 15.5 Å². The first kappa shape index (κ1) is 17.6. The molecule has 2 heterocycles. The van der Waals surface area contributed by atoms with Gasteiger partial charge in [-0.25, -0.2) is 0 Å². The summed E-state index contributed by atoms with van der Waals surface area (Å²) < 4.78 is 5.22. The number of nitrogens with zero attached hydrogens (tertiary/aromatic N) is 1. The van der Waals surface area contributed by atoms with Crippen LogP contribution in [0.25, 0.3) is 0 Å². The predicted molar refractivity (Wildman–Crippen MR) is 87.9 cm³/mol. The maximum absolute atomic E-state index is 11.9. The third-order valence-electron chi connectivity index (χ3n) is 4.10. The van der Waals surface area contributed by atoms with Gasteiger partial charge in [0.25, 0.3) is 0 Å². The van der Waals surface area contributed by atoms with Crippen LogP contribution in [0.3, 0.4) is 0 Å². The summed E-state index contributed by atoms with van der Waals surface area (Å²) in [4.78, 5) is 25.5. The SMILES string of the molecule is O=C(CSCC(=O)N1CCOCC1)NCCC1CCCNC1. The number of thioether (sulfide) groups is 1. The Morgan fingerprint density at radius 2 is 2.09 bits per heavy atom. The molecule has 0 aromatic carbocycles. The number of piperidine rings is 1. The van der Waals surface area contributed by atoms with Crippen LogP contribution in [0, 0.1) is 5.92 Å². The molecule has 6 nitrogen and oxygen atoms in total. The maximum atomic E-state index is 11.9. The van der Waals surface area contributed by atoms with E-state index < -0.39 is 0 Å². The zero-order chi connectivity index (χ0) is 15.6. The number of rotatable bonds is 7. The molecule has 2 fully saturated rings. The van der Waals surface area contributed by atoms with E-state index in [9.17, 15) is 9.59 Å². The van der Waals surface area contributed by atoms with Crippen molar-refractivity contribution in [2.24, 2.45) is 5.92 Å². The van der Waals surface area contributed by atoms with Crippen LogP contribution >= 0.6 is 11.8 Å². The fourth-order valence-electron chi connectivity index (χ4n) is 2.77. The molecule has 22 heavy (non-hydrogen) atoms. The van der Waals surface area contributed by atoms with Crippen molar-refractivity contribution in [1.29, 1.82) is 0 Å². The number of carbonyl (C=O) groups excluding carboxylic acids is 2. The highest BCUT2D eigenvalue weighted by Crippen LogP contribution is 2.13. The van der Waals surface area contributed by atoms with Crippen molar-refractivity contribution in [2.75, 3.05) is 57.4 Å². The van der Waals surface area contributed by atoms with Gasteiger partial charge in [-0.15, -0.1) is 11.8 Å². The Morgan fingerprint density at radius 3 is 2.82 bits per heavy atom. The Hall–Kier alpha value is -0.790. The molecule has 0 bridgehead atoms. The Balaban J connectivity index is 1.49. The van der Waals surface area contributed by atoms with Gasteiger partial charge in [-0.1, -0.05) is 0 Å². The van der Waals surface area contributed by atoms with Gasteiger partial charge in [0.15, 0.2) is 0 Å². The minimum absolute atomic E-state index is 0.0311. The average molecular weight is 329 g/mol. The first-order chi connectivity index (χ1) is 10.8. The van der Waals surface area contributed by atoms with Gasteiger partial charge in [0.1, 0.15) is 0 Å². The van der Waals surface area contributed by atoms with E-state index in [1.807, 2.05) is 4.90 Å². The zero-order valence-corrected chi connectivity index (χ0v) is 14.0. The summed E-state index contributed by atoms with van der Waals surface area (Å²) in [5.74, 6) is 1.56. The molecule has 0 aromatic heterocycles. The number of ether oxygens (including phenoxy) is 1. The molecule has 2 N–H and O–H groups in total. The van der Waals surface area contributed by atoms with E-state index in [2.05, 4.69) is 10.6 Å². The second-order valence-corrected chi connectivity index (χ2v) is 6.82. The third kappa shape index (κ3) is 6.54. The Morgan fingerprint density at radius 1 is 1.27 bits per heavy atom. The van der Waals surface area contributed by atoms with E-state index in [1.54, 1.807) is 0 Å². The van der Waals surface area contributed by atoms with Gasteiger partial charge in [-0.2, -0.15) is 0 Å². The van der Waals surface area contributed by atoms with Crippen LogP contribution in [0.15, 0.2) is 0 Å². The molecule has 0 aromatic rings. The fourth-order valence-corrected chi connectivity index (χ4v) is 3.52. The smallest absolute Gasteiger partial charge is 0.232 e. The number of nitrogens with one attached hydrogen (secondary N) is 2. The lowest BCUT2D eigenvalue weighted by molar-refractivity contribution is -0.132. The van der Waals surface area contributed by atoms with E-state index in [-0.39, 0.29) is 11.8 Å². The number of hydrogen-bond donors (Lipinski definition) is 2. The molecule has 2 saturated heterocycles. The number of hydrogen-bond acceptors (Lipinski definition) is 5. The summed E-state index contributed by atoms with van der Waals surface area (Å²) in [5.41, 5.74) is 0. The summed E-state index contributed by atoms with van der Waals surface area (Å²) in [6, 6.07) is 0. The molecule has 7 heteroatoms. The highest BCUT2D eigenvalue weighted by Gasteiger charge is 2.17. The van der Waals surface area contributed by atoms with Gasteiger partial charge in [0.05, 0.1) is 24.7 Å². The Bertz CT molecular complexity index is 356. The predicted octanol–water partition coefficient (Wildman–Crippen LogP) is 0.0843. The molecular formula is C15H27N3O3S. The molecule has 2 aliphatic heterocycles.